The molecule has 10 heteroatoms. The topological polar surface area (TPSA) is 104 Å². The predicted molar refractivity (Wildman–Crippen MR) is 100 cm³/mol. The van der Waals surface area contributed by atoms with Crippen molar-refractivity contribution < 1.29 is 13.5 Å². The number of aryl methyl sites for hydroxylation is 1. The molecule has 0 aromatic carbocycles. The molecule has 2 amide bonds. The smallest absolute Gasteiger partial charge is 0.255 e. The molecule has 0 unspecified atom stereocenters. The average Bonchev–Trinajstić information content (AvgIpc) is 3.00. The monoisotopic (exact) mass is 392 g/mol. The maximum absolute atomic E-state index is 13.0. The van der Waals surface area contributed by atoms with Crippen LogP contribution in [0.5, 0.6) is 0 Å². The first kappa shape index (κ1) is 20.6. The summed E-state index contributed by atoms with van der Waals surface area (Å²) in [4.78, 5) is 34.6. The molecule has 27 heavy (non-hydrogen) atoms. The first-order chi connectivity index (χ1) is 12.9. The fraction of sp³-hybridized carbons (Fsp3) is 0.471. The lowest BCUT2D eigenvalue weighted by atomic mass is 10.0. The second-order valence-corrected chi connectivity index (χ2v) is 6.42. The number of amides is 2. The Bertz CT molecular complexity index is 887. The van der Waals surface area contributed by atoms with Crippen LogP contribution >= 0.6 is 12.3 Å². The Hall–Kier alpha value is -2.67. The molecule has 1 aliphatic heterocycles. The van der Waals surface area contributed by atoms with Gasteiger partial charge in [0.1, 0.15) is 11.6 Å². The summed E-state index contributed by atoms with van der Waals surface area (Å²) in [6.07, 6.45) is 2.79. The molecule has 1 fully saturated rings. The molecule has 144 valence electrons. The quantitative estimate of drug-likeness (QED) is 0.856. The maximum Gasteiger partial charge on any atom is 0.255 e. The van der Waals surface area contributed by atoms with Gasteiger partial charge in [-0.3, -0.25) is 9.59 Å². The van der Waals surface area contributed by atoms with E-state index in [0.29, 0.717) is 18.8 Å². The summed E-state index contributed by atoms with van der Waals surface area (Å²) in [7, 11) is 0. The Morgan fingerprint density at radius 2 is 2.11 bits per heavy atom. The van der Waals surface area contributed by atoms with Crippen molar-refractivity contribution in [2.45, 2.75) is 33.7 Å². The van der Waals surface area contributed by atoms with E-state index in [4.69, 9.17) is 5.26 Å². The van der Waals surface area contributed by atoms with Gasteiger partial charge in [-0.05, 0) is 13.8 Å². The van der Waals surface area contributed by atoms with Crippen molar-refractivity contribution in [2.24, 2.45) is 5.92 Å². The minimum Gasteiger partial charge on any atom is -0.340 e. The minimum atomic E-state index is -0.763. The van der Waals surface area contributed by atoms with Crippen molar-refractivity contribution in [3.8, 4) is 6.07 Å². The zero-order valence-electron chi connectivity index (χ0n) is 15.6. The van der Waals surface area contributed by atoms with E-state index in [9.17, 15) is 13.5 Å². The Morgan fingerprint density at radius 1 is 1.44 bits per heavy atom. The van der Waals surface area contributed by atoms with Gasteiger partial charge in [-0.1, -0.05) is 13.8 Å². The lowest BCUT2D eigenvalue weighted by molar-refractivity contribution is -0.137. The van der Waals surface area contributed by atoms with Gasteiger partial charge in [-0.15, -0.1) is 3.89 Å². The van der Waals surface area contributed by atoms with Crippen LogP contribution in [0.4, 0.5) is 3.89 Å². The summed E-state index contributed by atoms with van der Waals surface area (Å²) >= 11 is -0.0837. The number of nitrogens with zero attached hydrogens (tertiary/aromatic N) is 5. The molecule has 0 bridgehead atoms. The van der Waals surface area contributed by atoms with E-state index in [1.165, 1.54) is 17.3 Å². The number of carbonyl (C=O) groups is 2. The molecule has 8 nitrogen and oxygen atoms in total. The van der Waals surface area contributed by atoms with Crippen LogP contribution in [0.15, 0.2) is 12.4 Å². The average molecular weight is 392 g/mol. The van der Waals surface area contributed by atoms with Gasteiger partial charge in [-0.2, -0.15) is 5.26 Å². The normalized spacial score (nSPS) is 14.6. The van der Waals surface area contributed by atoms with Crippen LogP contribution in [0.1, 0.15) is 36.8 Å². The second-order valence-electron chi connectivity index (χ2n) is 5.89. The number of aromatic nitrogens is 3. The second kappa shape index (κ2) is 8.81. The molecule has 2 aromatic rings. The van der Waals surface area contributed by atoms with Gasteiger partial charge in [0.2, 0.25) is 5.91 Å². The number of likely N-dealkylation sites (tertiary alicyclic amines) is 1. The van der Waals surface area contributed by atoms with Crippen molar-refractivity contribution in [3.63, 3.8) is 0 Å². The SMILES string of the molecule is CC.Cc1cnc2c(n1)c(C(=O)N[C@H](C)C(=O)N1CC(C#N)C1)cn2SF. The molecule has 2 aromatic heterocycles. The van der Waals surface area contributed by atoms with E-state index in [2.05, 4.69) is 21.4 Å². The Labute approximate surface area is 161 Å². The van der Waals surface area contributed by atoms with Gasteiger partial charge in [0, 0.05) is 19.3 Å². The number of nitrogens with one attached hydrogen (secondary N) is 1. The third-order valence-electron chi connectivity index (χ3n) is 4.00. The fourth-order valence-electron chi connectivity index (χ4n) is 2.62. The number of hydrogen-bond acceptors (Lipinski definition) is 6. The van der Waals surface area contributed by atoms with Crippen molar-refractivity contribution in [1.29, 1.82) is 5.26 Å². The van der Waals surface area contributed by atoms with Crippen LogP contribution < -0.4 is 5.32 Å². The first-order valence-corrected chi connectivity index (χ1v) is 9.25. The lowest BCUT2D eigenvalue weighted by Crippen LogP contribution is -2.55. The van der Waals surface area contributed by atoms with Crippen LogP contribution in [-0.2, 0) is 4.79 Å². The summed E-state index contributed by atoms with van der Waals surface area (Å²) in [6, 6.07) is 1.33. The molecule has 0 saturated carbocycles. The Morgan fingerprint density at radius 3 is 2.70 bits per heavy atom. The fourth-order valence-corrected chi connectivity index (χ4v) is 2.97. The van der Waals surface area contributed by atoms with Crippen molar-refractivity contribution >= 4 is 35.3 Å². The van der Waals surface area contributed by atoms with Gasteiger partial charge >= 0.3 is 0 Å². The van der Waals surface area contributed by atoms with Crippen LogP contribution in [0.2, 0.25) is 0 Å². The molecule has 3 heterocycles. The highest BCUT2D eigenvalue weighted by molar-refractivity contribution is 7.92. The standard InChI is InChI=1S/C15H15FN6O2S.C2H6/c1-8-4-18-13-12(19-8)11(7-22(13)25-16)14(23)20-9(2)15(24)21-5-10(3-17)6-21;1-2/h4,7,9-10H,5-6H2,1-2H3,(H,20,23);1-2H3/t9-;/m1./s1. The molecule has 1 saturated heterocycles. The van der Waals surface area contributed by atoms with Gasteiger partial charge in [0.05, 0.1) is 29.4 Å². The van der Waals surface area contributed by atoms with Gasteiger partial charge in [-0.25, -0.2) is 13.9 Å². The summed E-state index contributed by atoms with van der Waals surface area (Å²) in [5, 5.41) is 11.4. The third-order valence-corrected chi connectivity index (χ3v) is 4.42. The third kappa shape index (κ3) is 4.19. The van der Waals surface area contributed by atoms with Crippen LogP contribution in [0, 0.1) is 24.2 Å². The highest BCUT2D eigenvalue weighted by Crippen LogP contribution is 2.23. The number of rotatable bonds is 4. The van der Waals surface area contributed by atoms with E-state index in [-0.39, 0.29) is 40.9 Å². The molecule has 3 rings (SSSR count). The first-order valence-electron chi connectivity index (χ1n) is 8.57. The zero-order valence-corrected chi connectivity index (χ0v) is 16.4. The van der Waals surface area contributed by atoms with E-state index in [1.807, 2.05) is 13.8 Å². The van der Waals surface area contributed by atoms with Crippen LogP contribution in [0.25, 0.3) is 11.2 Å². The molecule has 0 radical (unpaired) electrons. The minimum absolute atomic E-state index is 0.0837. The van der Waals surface area contributed by atoms with Gasteiger partial charge in [0.25, 0.3) is 5.91 Å². The van der Waals surface area contributed by atoms with E-state index >= 15 is 0 Å². The summed E-state index contributed by atoms with van der Waals surface area (Å²) in [6.45, 7) is 8.03. The predicted octanol–water partition coefficient (Wildman–Crippen LogP) is 2.25. The molecule has 1 atom stereocenters. The number of nitriles is 1. The van der Waals surface area contributed by atoms with E-state index in [1.54, 1.807) is 13.8 Å². The number of carbonyl (C=O) groups excluding carboxylic acids is 2. The molecule has 0 aliphatic carbocycles. The maximum atomic E-state index is 13.0. The molecule has 1 aliphatic rings. The number of hydrogen-bond donors (Lipinski definition) is 1. The van der Waals surface area contributed by atoms with Crippen molar-refractivity contribution in [2.75, 3.05) is 13.1 Å². The highest BCUT2D eigenvalue weighted by Gasteiger charge is 2.33. The highest BCUT2D eigenvalue weighted by atomic mass is 32.2. The van der Waals surface area contributed by atoms with Gasteiger partial charge < -0.3 is 10.2 Å². The molecular formula is C17H21FN6O2S. The lowest BCUT2D eigenvalue weighted by Gasteiger charge is -2.37. The molecular weight excluding hydrogens is 371 g/mol. The Kier molecular flexibility index (Phi) is 6.74. The van der Waals surface area contributed by atoms with Crippen LogP contribution in [0.3, 0.4) is 0 Å². The van der Waals surface area contributed by atoms with E-state index < -0.39 is 11.9 Å². The molecule has 0 spiro atoms. The van der Waals surface area contributed by atoms with Crippen molar-refractivity contribution in [3.05, 3.63) is 23.7 Å². The van der Waals surface area contributed by atoms with Crippen molar-refractivity contribution in [1.82, 2.24) is 24.2 Å². The van der Waals surface area contributed by atoms with E-state index in [0.717, 1.165) is 3.97 Å². The summed E-state index contributed by atoms with van der Waals surface area (Å²) < 4.78 is 14.2. The Balaban J connectivity index is 0.00000126. The van der Waals surface area contributed by atoms with Gasteiger partial charge in [0.15, 0.2) is 18.0 Å². The molecule has 1 N–H and O–H groups in total. The number of fused-ring (bicyclic) bond motifs is 1. The summed E-state index contributed by atoms with van der Waals surface area (Å²) in [5.41, 5.74) is 1.25. The largest absolute Gasteiger partial charge is 0.340 e. The number of halogens is 1. The zero-order chi connectivity index (χ0) is 20.1. The van der Waals surface area contributed by atoms with Crippen LogP contribution in [-0.4, -0.2) is 49.8 Å². The summed E-state index contributed by atoms with van der Waals surface area (Å²) in [5.74, 6) is -0.939.